The van der Waals surface area contributed by atoms with Gasteiger partial charge in [0, 0.05) is 0 Å². The van der Waals surface area contributed by atoms with Crippen molar-refractivity contribution in [3.8, 4) is 0 Å². The highest BCUT2D eigenvalue weighted by Gasteiger charge is 2.57. The van der Waals surface area contributed by atoms with Crippen molar-refractivity contribution in [3.05, 3.63) is 0 Å². The fraction of sp³-hybridized carbons (Fsp3) is 1.00. The largest absolute Gasteiger partial charge is 0.394 e. The van der Waals surface area contributed by atoms with E-state index in [0.717, 1.165) is 0 Å². The van der Waals surface area contributed by atoms with Crippen molar-refractivity contribution in [2.75, 3.05) is 39.6 Å². The van der Waals surface area contributed by atoms with Gasteiger partial charge in [0.25, 0.3) is 0 Å². The molecule has 0 aromatic rings. The molecule has 6 fully saturated rings. The summed E-state index contributed by atoms with van der Waals surface area (Å²) in [7, 11) is 0. The lowest BCUT2D eigenvalue weighted by molar-refractivity contribution is -0.400. The molecular weight excluding hydrogens is 928 g/mol. The van der Waals surface area contributed by atoms with Gasteiger partial charge in [-0.15, -0.1) is 0 Å². The van der Waals surface area contributed by atoms with Gasteiger partial charge in [-0.05, 0) is 0 Å². The summed E-state index contributed by atoms with van der Waals surface area (Å²) in [4.78, 5) is 0. The Morgan fingerprint density at radius 1 is 0.209 bits per heavy atom. The molecule has 0 spiro atoms. The van der Waals surface area contributed by atoms with E-state index >= 15 is 0 Å². The first-order valence-electron chi connectivity index (χ1n) is 21.1. The van der Waals surface area contributed by atoms with Crippen LogP contribution in [0.25, 0.3) is 0 Å². The van der Waals surface area contributed by atoms with E-state index in [9.17, 15) is 102 Å². The zero-order valence-corrected chi connectivity index (χ0v) is 35.0. The lowest BCUT2D eigenvalue weighted by atomic mass is 9.95. The number of ether oxygens (including phenoxy) is 11. The Hall–Kier alpha value is -1.24. The van der Waals surface area contributed by atoms with Gasteiger partial charge in [-0.2, -0.15) is 0 Å². The molecule has 0 aliphatic carbocycles. The molecule has 67 heavy (non-hydrogen) atoms. The Kier molecular flexibility index (Phi) is 19.4. The average Bonchev–Trinajstić information content (AvgIpc) is 3.32. The summed E-state index contributed by atoms with van der Waals surface area (Å²) < 4.78 is 60.6. The third kappa shape index (κ3) is 11.2. The van der Waals surface area contributed by atoms with Gasteiger partial charge in [-0.3, -0.25) is 0 Å². The fourth-order valence-electron chi connectivity index (χ4n) is 8.44. The van der Waals surface area contributed by atoms with E-state index in [4.69, 9.17) is 52.1 Å². The molecule has 0 aromatic carbocycles. The second kappa shape index (κ2) is 23.5. The van der Waals surface area contributed by atoms with Gasteiger partial charge in [0.15, 0.2) is 37.7 Å². The highest BCUT2D eigenvalue weighted by molar-refractivity contribution is 4.99. The van der Waals surface area contributed by atoms with Crippen molar-refractivity contribution in [1.82, 2.24) is 0 Å². The van der Waals surface area contributed by atoms with Gasteiger partial charge < -0.3 is 154 Å². The van der Waals surface area contributed by atoms with Crippen LogP contribution in [0.15, 0.2) is 0 Å². The Bertz CT molecular complexity index is 1500. The Balaban J connectivity index is 1.06. The second-order valence-corrected chi connectivity index (χ2v) is 16.8. The van der Waals surface area contributed by atoms with Gasteiger partial charge in [0.05, 0.1) is 39.6 Å². The monoisotopic (exact) mass is 990 g/mol. The molecule has 0 saturated carbocycles. The van der Waals surface area contributed by atoms with E-state index in [1.54, 1.807) is 0 Å². The van der Waals surface area contributed by atoms with E-state index in [1.165, 1.54) is 0 Å². The normalized spacial score (nSPS) is 53.4. The fourth-order valence-corrected chi connectivity index (χ4v) is 8.44. The van der Waals surface area contributed by atoms with Crippen molar-refractivity contribution in [2.24, 2.45) is 0 Å². The summed E-state index contributed by atoms with van der Waals surface area (Å²) in [6.07, 6.45) is -56.5. The topological polar surface area (TPSA) is 506 Å². The molecule has 0 bridgehead atoms. The van der Waals surface area contributed by atoms with Gasteiger partial charge in [0.2, 0.25) is 0 Å². The lowest BCUT2D eigenvalue weighted by Gasteiger charge is -2.49. The molecular formula is C36H62O31. The smallest absolute Gasteiger partial charge is 0.189 e. The van der Waals surface area contributed by atoms with Crippen LogP contribution in [0.5, 0.6) is 0 Å². The van der Waals surface area contributed by atoms with Crippen LogP contribution in [0, 0.1) is 0 Å². The summed E-state index contributed by atoms with van der Waals surface area (Å²) >= 11 is 0. The minimum atomic E-state index is -2.17. The van der Waals surface area contributed by atoms with Crippen molar-refractivity contribution < 1.29 is 154 Å². The number of aliphatic hydroxyl groups is 20. The van der Waals surface area contributed by atoms with Crippen molar-refractivity contribution >= 4 is 0 Å². The van der Waals surface area contributed by atoms with Crippen LogP contribution in [0.3, 0.4) is 0 Å². The van der Waals surface area contributed by atoms with E-state index in [2.05, 4.69) is 0 Å². The SMILES string of the molecule is OC[C@H]1O[C@H](O[C@H]2O[C@H](CO)[C@@H](O)[C@H](O)[C@H]2O)[C@H](O)[C@@H](O)C1O[C@H]1O[C@H](CO)[C@@H](O[C@H]2O[C@H](CO)C(O[C@@H]3O[C@H](CO)[C@@H](O[C@H]4O[C@H](CO)[C@@H](O)[C@H](O)[C@H]4O)[C@H](O)[C@H]3O)[C@H](O)[C@H]2O)[C@H](O)[C@H]1O. The standard InChI is InChI=1S/C36H62O31/c37-1-7-13(43)15(45)21(51)31(57-7)63-27-9(3-39)59-32(23(53)17(27)47)64-28-10(4-40)60-33(24(54)18(28)48)65-29-11(5-41)61-34(25(55)19(29)49)66-30-12(6-42)62-36(26(56)20(30)50)67-35-22(52)16(46)14(44)8(2-38)58-35/h7-56H,1-6H2/t7-,8-,9-,10-,11-,12-,13-,14-,15+,16+,17-,18-,19-,20-,21-,22-,23-,24-,25-,26-,27-,28?,29-,30?,31-,32+,33-,34-,35-,36-/m1/s1. The van der Waals surface area contributed by atoms with Crippen LogP contribution in [0.2, 0.25) is 0 Å². The maximum absolute atomic E-state index is 11.2. The van der Waals surface area contributed by atoms with E-state index in [-0.39, 0.29) is 0 Å². The molecule has 31 nitrogen and oxygen atoms in total. The zero-order valence-electron chi connectivity index (χ0n) is 35.0. The first-order valence-corrected chi connectivity index (χ1v) is 21.1. The van der Waals surface area contributed by atoms with Crippen LogP contribution >= 0.6 is 0 Å². The molecule has 6 rings (SSSR count). The Morgan fingerprint density at radius 2 is 0.388 bits per heavy atom. The first kappa shape index (κ1) is 55.1. The van der Waals surface area contributed by atoms with Crippen LogP contribution < -0.4 is 0 Å². The highest BCUT2D eigenvalue weighted by atomic mass is 16.8. The van der Waals surface area contributed by atoms with Crippen LogP contribution in [0.1, 0.15) is 0 Å². The van der Waals surface area contributed by atoms with E-state index < -0.39 is 224 Å². The minimum absolute atomic E-state index is 0.828. The average molecular weight is 991 g/mol. The second-order valence-electron chi connectivity index (χ2n) is 16.8. The molecule has 20 N–H and O–H groups in total. The molecule has 0 amide bonds. The highest BCUT2D eigenvalue weighted by Crippen LogP contribution is 2.36. The summed E-state index contributed by atoms with van der Waals surface area (Å²) in [5, 5.41) is 209. The number of hydrogen-bond acceptors (Lipinski definition) is 31. The minimum Gasteiger partial charge on any atom is -0.394 e. The van der Waals surface area contributed by atoms with Crippen LogP contribution in [0.4, 0.5) is 0 Å². The third-order valence-electron chi connectivity index (χ3n) is 12.4. The quantitative estimate of drug-likeness (QED) is 0.0683. The molecule has 0 radical (unpaired) electrons. The Labute approximate surface area is 378 Å². The molecule has 6 saturated heterocycles. The molecule has 6 aliphatic rings. The number of rotatable bonds is 16. The number of hydrogen-bond donors (Lipinski definition) is 20. The van der Waals surface area contributed by atoms with E-state index in [1.807, 2.05) is 0 Å². The van der Waals surface area contributed by atoms with Crippen molar-refractivity contribution in [3.63, 3.8) is 0 Å². The predicted octanol–water partition coefficient (Wildman–Crippen LogP) is -14.1. The van der Waals surface area contributed by atoms with Gasteiger partial charge in [-0.1, -0.05) is 0 Å². The van der Waals surface area contributed by atoms with Crippen molar-refractivity contribution in [2.45, 2.75) is 184 Å². The molecule has 6 aliphatic heterocycles. The number of aliphatic hydroxyl groups excluding tert-OH is 20. The maximum Gasteiger partial charge on any atom is 0.189 e. The summed E-state index contributed by atoms with van der Waals surface area (Å²) in [6.45, 7) is -5.64. The third-order valence-corrected chi connectivity index (χ3v) is 12.4. The lowest BCUT2D eigenvalue weighted by Crippen LogP contribution is -2.68. The predicted molar refractivity (Wildman–Crippen MR) is 199 cm³/mol. The Morgan fingerprint density at radius 3 is 0.597 bits per heavy atom. The summed E-state index contributed by atoms with van der Waals surface area (Å²) in [5.41, 5.74) is 0. The molecule has 0 aromatic heterocycles. The van der Waals surface area contributed by atoms with Crippen molar-refractivity contribution in [1.29, 1.82) is 0 Å². The summed E-state index contributed by atoms with van der Waals surface area (Å²) in [6, 6.07) is 0. The van der Waals surface area contributed by atoms with E-state index in [0.29, 0.717) is 0 Å². The zero-order chi connectivity index (χ0) is 49.3. The molecule has 2 unspecified atom stereocenters. The van der Waals surface area contributed by atoms with Gasteiger partial charge in [0.1, 0.15) is 146 Å². The van der Waals surface area contributed by atoms with Crippen LogP contribution in [-0.4, -0.2) is 326 Å². The first-order chi connectivity index (χ1) is 31.8. The molecule has 392 valence electrons. The molecule has 6 heterocycles. The van der Waals surface area contributed by atoms with Crippen LogP contribution in [-0.2, 0) is 52.1 Å². The molecule has 30 atom stereocenters. The van der Waals surface area contributed by atoms with Gasteiger partial charge >= 0.3 is 0 Å². The van der Waals surface area contributed by atoms with Gasteiger partial charge in [-0.25, -0.2) is 0 Å². The maximum atomic E-state index is 11.2. The molecule has 31 heteroatoms. The summed E-state index contributed by atoms with van der Waals surface area (Å²) in [5.74, 6) is 0.